The minimum atomic E-state index is -1.57. The van der Waals surface area contributed by atoms with Gasteiger partial charge in [-0.1, -0.05) is 54.2 Å². The molecule has 0 saturated carbocycles. The molecule has 1 unspecified atom stereocenters. The Balaban J connectivity index is 1.23. The van der Waals surface area contributed by atoms with E-state index in [9.17, 15) is 48.9 Å². The number of rotatable bonds is 12. The van der Waals surface area contributed by atoms with Gasteiger partial charge >= 0.3 is 11.9 Å². The molecule has 3 atom stereocenters. The summed E-state index contributed by atoms with van der Waals surface area (Å²) < 4.78 is 10.5. The van der Waals surface area contributed by atoms with Gasteiger partial charge < -0.3 is 40.2 Å². The minimum absolute atomic E-state index is 0.0136. The Morgan fingerprint density at radius 2 is 1.68 bits per heavy atom. The van der Waals surface area contributed by atoms with E-state index in [1.54, 1.807) is 30.3 Å². The average Bonchev–Trinajstić information content (AvgIpc) is 3.15. The molecule has 53 heavy (non-hydrogen) atoms. The maximum Gasteiger partial charge on any atom is 0.352 e. The number of carboxylic acids is 2. The van der Waals surface area contributed by atoms with Crippen molar-refractivity contribution in [3.8, 4) is 17.2 Å². The quantitative estimate of drug-likeness (QED) is 0.0896. The Hall–Kier alpha value is -6.27. The standard InChI is InChI=1S/C35H27N3O13S2/c39-22-10-20-24(11-23(22)40)51-12-21(29(20)43)30(44)36-26(16-6-8-19(9-7-16)50-13-25(41)42)31(45)37-27-32(46)38-28(34(47)48)18(14-52-33(27)38)15-53-35(49)17-4-2-1-3-5-17/h1-12,26-27,33,39-40H,13-15H2,(H,36,44)(H,37,45)(H,41,42)(H,47,48)/t26?,27-,33-/m0/s1. The number of hydrogen-bond acceptors (Lipinski definition) is 13. The third-order valence-corrected chi connectivity index (χ3v) is 10.5. The van der Waals surface area contributed by atoms with Crippen molar-refractivity contribution in [2.24, 2.45) is 0 Å². The zero-order valence-corrected chi connectivity index (χ0v) is 28.6. The van der Waals surface area contributed by atoms with Gasteiger partial charge in [0, 0.05) is 23.1 Å². The first-order valence-electron chi connectivity index (χ1n) is 15.5. The summed E-state index contributed by atoms with van der Waals surface area (Å²) in [5.74, 6) is -6.30. The van der Waals surface area contributed by atoms with Gasteiger partial charge in [-0.25, -0.2) is 9.59 Å². The Bertz CT molecular complexity index is 2260. The number of carbonyl (C=O) groups is 6. The van der Waals surface area contributed by atoms with Gasteiger partial charge in [-0.2, -0.15) is 0 Å². The highest BCUT2D eigenvalue weighted by Crippen LogP contribution is 2.41. The second-order valence-electron chi connectivity index (χ2n) is 11.6. The van der Waals surface area contributed by atoms with E-state index in [0.717, 1.165) is 35.1 Å². The van der Waals surface area contributed by atoms with E-state index in [2.05, 4.69) is 10.6 Å². The zero-order chi connectivity index (χ0) is 38.0. The lowest BCUT2D eigenvalue weighted by molar-refractivity contribution is -0.151. The van der Waals surface area contributed by atoms with Crippen molar-refractivity contribution in [2.75, 3.05) is 18.1 Å². The van der Waals surface area contributed by atoms with Crippen LogP contribution in [0.15, 0.2) is 93.5 Å². The topological polar surface area (TPSA) is 250 Å². The number of β-lactam (4-membered cyclic amide) rings is 1. The van der Waals surface area contributed by atoms with Crippen LogP contribution in [0.2, 0.25) is 0 Å². The van der Waals surface area contributed by atoms with Gasteiger partial charge in [-0.15, -0.1) is 11.8 Å². The van der Waals surface area contributed by atoms with E-state index in [4.69, 9.17) is 14.3 Å². The van der Waals surface area contributed by atoms with Crippen LogP contribution in [0.3, 0.4) is 0 Å². The van der Waals surface area contributed by atoms with Gasteiger partial charge in [0.25, 0.3) is 11.8 Å². The van der Waals surface area contributed by atoms with E-state index in [1.807, 2.05) is 0 Å². The first-order chi connectivity index (χ1) is 25.3. The summed E-state index contributed by atoms with van der Waals surface area (Å²) in [6.07, 6.45) is 0.809. The predicted molar refractivity (Wildman–Crippen MR) is 189 cm³/mol. The van der Waals surface area contributed by atoms with Crippen molar-refractivity contribution in [1.29, 1.82) is 0 Å². The van der Waals surface area contributed by atoms with Crippen LogP contribution in [0.5, 0.6) is 17.2 Å². The number of phenolic OH excluding ortho intramolecular Hbond substituents is 2. The van der Waals surface area contributed by atoms with Gasteiger partial charge in [-0.05, 0) is 29.3 Å². The molecule has 18 heteroatoms. The van der Waals surface area contributed by atoms with Crippen LogP contribution in [-0.4, -0.2) is 89.6 Å². The number of carboxylic acid groups (broad SMARTS) is 2. The fraction of sp³-hybridized carbons (Fsp3) is 0.171. The lowest BCUT2D eigenvalue weighted by Gasteiger charge is -2.49. The molecule has 16 nitrogen and oxygen atoms in total. The molecule has 3 amide bonds. The maximum absolute atomic E-state index is 13.9. The van der Waals surface area contributed by atoms with Gasteiger partial charge in [0.05, 0.1) is 5.39 Å². The maximum atomic E-state index is 13.9. The fourth-order valence-corrected chi connectivity index (χ4v) is 7.88. The molecule has 6 N–H and O–H groups in total. The lowest BCUT2D eigenvalue weighted by atomic mass is 10.0. The molecule has 1 saturated heterocycles. The number of nitrogens with one attached hydrogen (secondary N) is 2. The Morgan fingerprint density at radius 1 is 0.981 bits per heavy atom. The van der Waals surface area contributed by atoms with Gasteiger partial charge in [0.2, 0.25) is 16.5 Å². The molecular formula is C35H27N3O13S2. The highest BCUT2D eigenvalue weighted by Gasteiger charge is 2.54. The van der Waals surface area contributed by atoms with Crippen molar-refractivity contribution in [2.45, 2.75) is 17.5 Å². The van der Waals surface area contributed by atoms with Gasteiger partial charge in [0.1, 0.15) is 46.3 Å². The van der Waals surface area contributed by atoms with Crippen LogP contribution in [-0.2, 0) is 19.2 Å². The van der Waals surface area contributed by atoms with E-state index in [-0.39, 0.29) is 44.6 Å². The van der Waals surface area contributed by atoms with Crippen LogP contribution >= 0.6 is 23.5 Å². The number of fused-ring (bicyclic) bond motifs is 2. The summed E-state index contributed by atoms with van der Waals surface area (Å²) in [7, 11) is 0. The van der Waals surface area contributed by atoms with Crippen LogP contribution in [0, 0.1) is 0 Å². The Kier molecular flexibility index (Phi) is 10.4. The number of hydrogen-bond donors (Lipinski definition) is 6. The second kappa shape index (κ2) is 15.1. The number of phenols is 2. The number of nitrogens with zero attached hydrogens (tertiary/aromatic N) is 1. The van der Waals surface area contributed by atoms with Crippen LogP contribution < -0.4 is 20.8 Å². The van der Waals surface area contributed by atoms with E-state index in [1.165, 1.54) is 36.0 Å². The first-order valence-corrected chi connectivity index (χ1v) is 17.5. The highest BCUT2D eigenvalue weighted by atomic mass is 32.2. The monoisotopic (exact) mass is 761 g/mol. The van der Waals surface area contributed by atoms with Crippen molar-refractivity contribution in [3.63, 3.8) is 0 Å². The Morgan fingerprint density at radius 3 is 2.36 bits per heavy atom. The molecular weight excluding hydrogens is 735 g/mol. The normalized spacial score (nSPS) is 17.0. The summed E-state index contributed by atoms with van der Waals surface area (Å²) in [4.78, 5) is 90.9. The number of ether oxygens (including phenoxy) is 1. The molecule has 2 aliphatic heterocycles. The molecule has 0 aliphatic carbocycles. The molecule has 1 aromatic heterocycles. The minimum Gasteiger partial charge on any atom is -0.504 e. The van der Waals surface area contributed by atoms with Gasteiger partial charge in [-0.3, -0.25) is 28.9 Å². The van der Waals surface area contributed by atoms with E-state index in [0.29, 0.717) is 11.1 Å². The third kappa shape index (κ3) is 7.54. The number of thioether (sulfide) groups is 2. The number of amides is 3. The van der Waals surface area contributed by atoms with Crippen LogP contribution in [0.1, 0.15) is 32.3 Å². The fourth-order valence-electron chi connectivity index (χ4n) is 5.56. The number of aromatic hydroxyl groups is 2. The second-order valence-corrected chi connectivity index (χ2v) is 13.6. The molecule has 3 aromatic carbocycles. The Labute approximate surface area is 306 Å². The number of carbonyl (C=O) groups excluding carboxylic acids is 4. The van der Waals surface area contributed by atoms with Crippen LogP contribution in [0.4, 0.5) is 0 Å². The number of aliphatic carboxylic acids is 2. The third-order valence-electron chi connectivity index (χ3n) is 8.16. The summed E-state index contributed by atoms with van der Waals surface area (Å²) in [6.45, 7) is -0.652. The van der Waals surface area contributed by atoms with Crippen molar-refractivity contribution in [3.05, 3.63) is 111 Å². The molecule has 272 valence electrons. The largest absolute Gasteiger partial charge is 0.504 e. The molecule has 0 spiro atoms. The highest BCUT2D eigenvalue weighted by molar-refractivity contribution is 8.14. The van der Waals surface area contributed by atoms with Crippen molar-refractivity contribution in [1.82, 2.24) is 15.5 Å². The smallest absolute Gasteiger partial charge is 0.352 e. The van der Waals surface area contributed by atoms with Crippen LogP contribution in [0.25, 0.3) is 11.0 Å². The van der Waals surface area contributed by atoms with E-state index >= 15 is 0 Å². The summed E-state index contributed by atoms with van der Waals surface area (Å²) >= 11 is 2.08. The summed E-state index contributed by atoms with van der Waals surface area (Å²) in [5, 5.41) is 42.3. The molecule has 2 aliphatic rings. The molecule has 0 bridgehead atoms. The van der Waals surface area contributed by atoms with E-state index < -0.39 is 76.2 Å². The zero-order valence-electron chi connectivity index (χ0n) is 27.0. The molecule has 4 aromatic rings. The molecule has 0 radical (unpaired) electrons. The van der Waals surface area contributed by atoms with Crippen molar-refractivity contribution < 1.29 is 58.3 Å². The van der Waals surface area contributed by atoms with Gasteiger partial charge in [0.15, 0.2) is 18.1 Å². The molecule has 6 rings (SSSR count). The predicted octanol–water partition coefficient (Wildman–Crippen LogP) is 2.45. The SMILES string of the molecule is O=C(O)COc1ccc(C(NC(=O)c2coc3cc(O)c(O)cc3c2=O)C(=O)N[C@H]2C(=O)N3C(C(=O)O)=C(CSC(=O)c4ccccc4)CS[C@@H]23)cc1. The first kappa shape index (κ1) is 36.5. The summed E-state index contributed by atoms with van der Waals surface area (Å²) in [5.41, 5.74) is -0.982. The average molecular weight is 762 g/mol. The molecule has 3 heterocycles. The lowest BCUT2D eigenvalue weighted by Crippen LogP contribution is -2.71. The molecule has 1 fully saturated rings. The van der Waals surface area contributed by atoms with Crippen molar-refractivity contribution >= 4 is 69.3 Å². The number of benzene rings is 3. The summed E-state index contributed by atoms with van der Waals surface area (Å²) in [6, 6.07) is 12.9.